The van der Waals surface area contributed by atoms with Crippen molar-refractivity contribution in [2.24, 2.45) is 0 Å². The molecule has 10 rings (SSSR count). The Morgan fingerprint density at radius 1 is 0.485 bits per heavy atom. The second-order valence-corrected chi connectivity index (χ2v) is 26.5. The number of hydrogen-bond donors (Lipinski definition) is 0. The summed E-state index contributed by atoms with van der Waals surface area (Å²) in [4.78, 5) is 5.30. The van der Waals surface area contributed by atoms with Gasteiger partial charge in [0, 0.05) is 43.2 Å². The maximum Gasteiger partial charge on any atom is 0.264 e. The second-order valence-electron chi connectivity index (χ2n) is 25.4. The average Bonchev–Trinajstić information content (AvgIpc) is 3.62. The minimum atomic E-state index is -0.0248. The van der Waals surface area contributed by atoms with Gasteiger partial charge in [-0.3, -0.25) is 0 Å². The van der Waals surface area contributed by atoms with Crippen molar-refractivity contribution < 1.29 is 0 Å². The Kier molecular flexibility index (Phi) is 9.98. The van der Waals surface area contributed by atoms with Gasteiger partial charge < -0.3 is 9.80 Å². The third-order valence-corrected chi connectivity index (χ3v) is 16.8. The van der Waals surface area contributed by atoms with Crippen LogP contribution in [0.25, 0.3) is 21.2 Å². The SMILES string of the molecule is CC(C)(C)c1ccc(-c2cc(C(C)(C)C)ccc2N2c3ccc(C(C)(C)C)cc3B3c4sc5cc(C(C)(C)C)ccc5c4N(c4ccc5c(c4)C(C)(C)CCC5(C)C)c4cccc2c43)cc1. The van der Waals surface area contributed by atoms with E-state index in [-0.39, 0.29) is 39.2 Å². The summed E-state index contributed by atoms with van der Waals surface area (Å²) in [6.45, 7) is 37.9. The number of fused-ring (bicyclic) bond motifs is 7. The monoisotopic (exact) mass is 887 g/mol. The molecule has 66 heavy (non-hydrogen) atoms. The van der Waals surface area contributed by atoms with Crippen molar-refractivity contribution in [3.05, 3.63) is 149 Å². The standard InChI is InChI=1S/C62H71BN2S/c1-57(2,3)39-22-20-38(21-23-39)45-34-40(58(4,5)6)25-30-49(45)65-50-31-26-41(59(7,8)9)35-48(50)63-54-51(18-17-19-52(54)65)64(43-27-29-46-47(37-43)62(15,16)33-32-61(46,13)14)55-44-28-24-42(60(10,11)12)36-53(44)66-56(55)63/h17-31,34-37H,32-33H2,1-16H3. The van der Waals surface area contributed by atoms with Crippen LogP contribution in [-0.2, 0) is 32.5 Å². The first-order valence-electron chi connectivity index (χ1n) is 24.6. The van der Waals surface area contributed by atoms with E-state index >= 15 is 0 Å². The van der Waals surface area contributed by atoms with Crippen molar-refractivity contribution in [3.63, 3.8) is 0 Å². The summed E-state index contributed by atoms with van der Waals surface area (Å²) in [6, 6.07) is 46.1. The number of thiophene rings is 1. The van der Waals surface area contributed by atoms with Gasteiger partial charge in [-0.15, -0.1) is 11.3 Å². The number of nitrogens with zero attached hydrogens (tertiary/aromatic N) is 2. The molecule has 1 aromatic heterocycles. The molecule has 2 aliphatic heterocycles. The second kappa shape index (κ2) is 14.7. The van der Waals surface area contributed by atoms with Crippen LogP contribution < -0.4 is 25.5 Å². The third kappa shape index (κ3) is 7.19. The summed E-state index contributed by atoms with van der Waals surface area (Å²) < 4.78 is 2.79. The lowest BCUT2D eigenvalue weighted by Gasteiger charge is -2.45. The van der Waals surface area contributed by atoms with E-state index in [1.165, 1.54) is 117 Å². The van der Waals surface area contributed by atoms with E-state index in [0.29, 0.717) is 0 Å². The number of benzene rings is 6. The van der Waals surface area contributed by atoms with Gasteiger partial charge in [-0.2, -0.15) is 0 Å². The van der Waals surface area contributed by atoms with Gasteiger partial charge in [-0.1, -0.05) is 178 Å². The minimum Gasteiger partial charge on any atom is -0.311 e. The number of rotatable bonds is 3. The Balaban J connectivity index is 1.30. The van der Waals surface area contributed by atoms with Gasteiger partial charge in [0.05, 0.1) is 11.4 Å². The highest BCUT2D eigenvalue weighted by Gasteiger charge is 2.47. The van der Waals surface area contributed by atoms with Crippen LogP contribution in [0.15, 0.2) is 115 Å². The van der Waals surface area contributed by atoms with Gasteiger partial charge in [-0.05, 0) is 144 Å². The molecule has 6 aromatic carbocycles. The highest BCUT2D eigenvalue weighted by Crippen LogP contribution is 2.53. The van der Waals surface area contributed by atoms with Gasteiger partial charge in [0.15, 0.2) is 0 Å². The van der Waals surface area contributed by atoms with Crippen molar-refractivity contribution in [1.29, 1.82) is 0 Å². The smallest absolute Gasteiger partial charge is 0.264 e. The highest BCUT2D eigenvalue weighted by atomic mass is 32.1. The van der Waals surface area contributed by atoms with Crippen LogP contribution in [0.3, 0.4) is 0 Å². The van der Waals surface area contributed by atoms with E-state index in [9.17, 15) is 0 Å². The summed E-state index contributed by atoms with van der Waals surface area (Å²) in [5, 5.41) is 1.34. The first-order valence-corrected chi connectivity index (χ1v) is 25.4. The molecule has 0 unspecified atom stereocenters. The average molecular weight is 887 g/mol. The van der Waals surface area contributed by atoms with E-state index in [0.717, 1.165) is 0 Å². The predicted octanol–water partition coefficient (Wildman–Crippen LogP) is 16.2. The fraction of sp³-hybridized carbons (Fsp3) is 0.387. The fourth-order valence-corrected chi connectivity index (χ4v) is 12.5. The number of anilines is 6. The Morgan fingerprint density at radius 2 is 1.02 bits per heavy atom. The molecule has 338 valence electrons. The molecular weight excluding hydrogens is 816 g/mol. The van der Waals surface area contributed by atoms with Gasteiger partial charge in [0.1, 0.15) is 0 Å². The molecule has 0 N–H and O–H groups in total. The van der Waals surface area contributed by atoms with Crippen molar-refractivity contribution in [3.8, 4) is 11.1 Å². The quantitative estimate of drug-likeness (QED) is 0.163. The van der Waals surface area contributed by atoms with Crippen molar-refractivity contribution in [2.75, 3.05) is 9.80 Å². The minimum absolute atomic E-state index is 0.0133. The first kappa shape index (κ1) is 44.8. The van der Waals surface area contributed by atoms with Crippen LogP contribution in [0.4, 0.5) is 34.1 Å². The van der Waals surface area contributed by atoms with Gasteiger partial charge in [-0.25, -0.2) is 0 Å². The van der Waals surface area contributed by atoms with Crippen LogP contribution in [0.2, 0.25) is 0 Å². The van der Waals surface area contributed by atoms with Crippen LogP contribution >= 0.6 is 11.3 Å². The summed E-state index contributed by atoms with van der Waals surface area (Å²) in [5.41, 5.74) is 21.6. The van der Waals surface area contributed by atoms with Gasteiger partial charge in [0.2, 0.25) is 0 Å². The molecule has 0 saturated carbocycles. The lowest BCUT2D eigenvalue weighted by Crippen LogP contribution is -2.60. The van der Waals surface area contributed by atoms with E-state index in [4.69, 9.17) is 0 Å². The molecule has 0 atom stereocenters. The van der Waals surface area contributed by atoms with Crippen LogP contribution in [-0.4, -0.2) is 6.71 Å². The van der Waals surface area contributed by atoms with E-state index in [1.54, 1.807) is 0 Å². The third-order valence-electron chi connectivity index (χ3n) is 15.6. The Bertz CT molecular complexity index is 3080. The Morgan fingerprint density at radius 3 is 1.64 bits per heavy atom. The summed E-state index contributed by atoms with van der Waals surface area (Å²) in [6.07, 6.45) is 2.38. The first-order chi connectivity index (χ1) is 30.7. The fourth-order valence-electron chi connectivity index (χ4n) is 11.2. The Hall–Kier alpha value is -5.06. The lowest BCUT2D eigenvalue weighted by atomic mass is 9.36. The molecule has 0 amide bonds. The molecule has 3 aliphatic rings. The predicted molar refractivity (Wildman–Crippen MR) is 291 cm³/mol. The highest BCUT2D eigenvalue weighted by molar-refractivity contribution is 7.33. The normalized spacial score (nSPS) is 16.5. The van der Waals surface area contributed by atoms with Crippen molar-refractivity contribution in [1.82, 2.24) is 0 Å². The zero-order chi connectivity index (χ0) is 47.3. The van der Waals surface area contributed by atoms with Crippen LogP contribution in [0.1, 0.15) is 157 Å². The van der Waals surface area contributed by atoms with E-state index < -0.39 is 0 Å². The largest absolute Gasteiger partial charge is 0.311 e. The van der Waals surface area contributed by atoms with Crippen molar-refractivity contribution in [2.45, 2.75) is 156 Å². The molecular formula is C62H71BN2S. The maximum atomic E-state index is 2.67. The maximum absolute atomic E-state index is 2.67. The molecule has 3 heterocycles. The molecule has 4 heteroatoms. The Labute approximate surface area is 401 Å². The van der Waals surface area contributed by atoms with Gasteiger partial charge >= 0.3 is 0 Å². The molecule has 7 aromatic rings. The molecule has 2 nitrogen and oxygen atoms in total. The molecule has 0 bridgehead atoms. The van der Waals surface area contributed by atoms with Gasteiger partial charge in [0.25, 0.3) is 6.71 Å². The van der Waals surface area contributed by atoms with Crippen molar-refractivity contribution >= 4 is 78.0 Å². The topological polar surface area (TPSA) is 6.48 Å². The van der Waals surface area contributed by atoms with Crippen LogP contribution in [0, 0.1) is 0 Å². The summed E-state index contributed by atoms with van der Waals surface area (Å²) in [5.74, 6) is 0. The molecule has 0 saturated heterocycles. The summed E-state index contributed by atoms with van der Waals surface area (Å²) >= 11 is 2.02. The zero-order valence-electron chi connectivity index (χ0n) is 42.8. The van der Waals surface area contributed by atoms with E-state index in [1.807, 2.05) is 11.3 Å². The molecule has 1 aliphatic carbocycles. The molecule has 0 spiro atoms. The van der Waals surface area contributed by atoms with Crippen LogP contribution in [0.5, 0.6) is 0 Å². The number of hydrogen-bond acceptors (Lipinski definition) is 3. The van der Waals surface area contributed by atoms with E-state index in [2.05, 4.69) is 236 Å². The molecule has 0 fully saturated rings. The lowest BCUT2D eigenvalue weighted by molar-refractivity contribution is 0.332. The molecule has 0 radical (unpaired) electrons. The summed E-state index contributed by atoms with van der Waals surface area (Å²) in [7, 11) is 0. The zero-order valence-corrected chi connectivity index (χ0v) is 43.6.